The van der Waals surface area contributed by atoms with E-state index in [1.807, 2.05) is 44.2 Å². The maximum Gasteiger partial charge on any atom is 0.320 e. The summed E-state index contributed by atoms with van der Waals surface area (Å²) in [6, 6.07) is 7.52. The van der Waals surface area contributed by atoms with Crippen LogP contribution >= 0.6 is 12.0 Å². The fraction of sp³-hybridized carbons (Fsp3) is 0.561. The molecule has 0 spiro atoms. The second kappa shape index (κ2) is 37.3. The van der Waals surface area contributed by atoms with Gasteiger partial charge in [-0.25, -0.2) is 8.42 Å². The van der Waals surface area contributed by atoms with Crippen molar-refractivity contribution in [3.63, 3.8) is 0 Å². The number of unbranched alkanes of at least 4 members (excludes halogenated alkanes) is 6. The second-order valence-electron chi connectivity index (χ2n) is 21.7. The number of fused-ring (bicyclic) bond motifs is 2. The third kappa shape index (κ3) is 23.6. The van der Waals surface area contributed by atoms with Gasteiger partial charge in [0, 0.05) is 111 Å². The molecule has 2 aliphatic heterocycles. The molecule has 0 radical (unpaired) electrons. The molecule has 0 saturated heterocycles. The summed E-state index contributed by atoms with van der Waals surface area (Å²) in [5.41, 5.74) is 3.64. The summed E-state index contributed by atoms with van der Waals surface area (Å²) in [4.78, 5) is 100. The van der Waals surface area contributed by atoms with Crippen molar-refractivity contribution >= 4 is 86.9 Å². The summed E-state index contributed by atoms with van der Waals surface area (Å²) in [6.45, 7) is 7.26. The van der Waals surface area contributed by atoms with Gasteiger partial charge in [0.1, 0.15) is 28.7 Å². The van der Waals surface area contributed by atoms with Crippen LogP contribution in [0, 0.1) is 0 Å². The molecule has 2 aromatic carbocycles. The van der Waals surface area contributed by atoms with Crippen molar-refractivity contribution in [1.82, 2.24) is 20.4 Å². The predicted molar refractivity (Wildman–Crippen MR) is 305 cm³/mol. The number of hydrogen-bond donors (Lipinski definition) is 6. The minimum Gasteiger partial charge on any atom is -0.744 e. The van der Waals surface area contributed by atoms with E-state index < -0.39 is 95.0 Å². The number of amides is 2. The number of carbonyl (C=O) groups is 8. The summed E-state index contributed by atoms with van der Waals surface area (Å²) in [5.74, 6) is -7.07. The maximum atomic E-state index is 12.8. The first-order chi connectivity index (χ1) is 40.2. The number of carboxylic acids is 4. The molecule has 0 aliphatic carbocycles. The molecule has 2 unspecified atom stereocenters. The number of carboxylic acid groups (broad SMARTS) is 4. The fourth-order valence-electron chi connectivity index (χ4n) is 10.6. The van der Waals surface area contributed by atoms with Crippen molar-refractivity contribution in [2.75, 3.05) is 71.5 Å². The van der Waals surface area contributed by atoms with E-state index in [0.29, 0.717) is 87.8 Å². The minimum absolute atomic E-state index is 0. The SMILES string of the molecule is COC(=O)CN(CC(=O)O)C(CCCCNC(=O)CCCCCN1C(=CC=CC2=[N+](CCCCCC(=O)NCCCCC(C(=O)O)N(CC(=O)O)CC(=O)OC)c3ccc(SOO[O-])cc3C2(C)C)C(C)(C)c2cc(S(=O)(=O)[O-])ccc21)C(=O)O.[Ni].[Ni]. The van der Waals surface area contributed by atoms with Crippen LogP contribution in [0.25, 0.3) is 0 Å². The van der Waals surface area contributed by atoms with E-state index in [4.69, 9.17) is 0 Å². The van der Waals surface area contributed by atoms with Gasteiger partial charge in [0.2, 0.25) is 17.5 Å². The van der Waals surface area contributed by atoms with E-state index in [9.17, 15) is 77.0 Å². The predicted octanol–water partition coefficient (Wildman–Crippen LogP) is 4.15. The summed E-state index contributed by atoms with van der Waals surface area (Å²) in [6.07, 6.45) is 11.7. The first kappa shape index (κ1) is 77.3. The molecule has 4 rings (SSSR count). The van der Waals surface area contributed by atoms with Crippen molar-refractivity contribution in [2.24, 2.45) is 0 Å². The van der Waals surface area contributed by atoms with Crippen LogP contribution in [-0.2, 0) is 111 Å². The van der Waals surface area contributed by atoms with Crippen LogP contribution in [0.4, 0.5) is 11.4 Å². The fourth-order valence-corrected chi connectivity index (χ4v) is 11.5. The molecule has 0 bridgehead atoms. The average molecular weight is 1350 g/mol. The number of methoxy groups -OCH3 is 2. The molecule has 0 aromatic heterocycles. The molecule has 0 fully saturated rings. The van der Waals surface area contributed by atoms with Crippen LogP contribution in [0.1, 0.15) is 129 Å². The van der Waals surface area contributed by atoms with E-state index >= 15 is 0 Å². The van der Waals surface area contributed by atoms with Crippen LogP contribution in [0.2, 0.25) is 0 Å². The number of allylic oxidation sites excluding steroid dienone is 4. The smallest absolute Gasteiger partial charge is 0.320 e. The average Bonchev–Trinajstić information content (AvgIpc) is 1.62. The zero-order valence-electron chi connectivity index (χ0n) is 49.5. The molecule has 2 heterocycles. The summed E-state index contributed by atoms with van der Waals surface area (Å²) < 4.78 is 52.8. The number of rotatable bonds is 40. The topological polar surface area (TPSA) is 371 Å². The van der Waals surface area contributed by atoms with Gasteiger partial charge in [-0.3, -0.25) is 53.2 Å². The van der Waals surface area contributed by atoms with E-state index in [1.165, 1.54) is 12.1 Å². The molecule has 2 amide bonds. The molecule has 87 heavy (non-hydrogen) atoms. The molecule has 2 atom stereocenters. The largest absolute Gasteiger partial charge is 0.744 e. The number of carbonyl (C=O) groups excluding carboxylic acids is 4. The zero-order valence-corrected chi connectivity index (χ0v) is 53.1. The van der Waals surface area contributed by atoms with Crippen LogP contribution < -0.4 is 20.8 Å². The minimum atomic E-state index is -4.79. The number of aliphatic carboxylic acids is 4. The Morgan fingerprint density at radius 3 is 1.70 bits per heavy atom. The quantitative estimate of drug-likeness (QED) is 0.00797. The van der Waals surface area contributed by atoms with Gasteiger partial charge in [-0.1, -0.05) is 26.3 Å². The van der Waals surface area contributed by atoms with Gasteiger partial charge in [-0.15, -0.1) is 0 Å². The molecule has 26 nitrogen and oxygen atoms in total. The van der Waals surface area contributed by atoms with Crippen LogP contribution in [0.3, 0.4) is 0 Å². The summed E-state index contributed by atoms with van der Waals surface area (Å²) in [7, 11) is -2.55. The maximum absolute atomic E-state index is 12.8. The van der Waals surface area contributed by atoms with Crippen LogP contribution in [0.15, 0.2) is 70.1 Å². The normalized spacial score (nSPS) is 15.1. The van der Waals surface area contributed by atoms with Crippen molar-refractivity contribution in [3.8, 4) is 0 Å². The van der Waals surface area contributed by atoms with Gasteiger partial charge >= 0.3 is 35.8 Å². The Hall–Kier alpha value is -5.80. The first-order valence-corrected chi connectivity index (χ1v) is 30.1. The molecule has 490 valence electrons. The van der Waals surface area contributed by atoms with Gasteiger partial charge in [0.05, 0.1) is 62.8 Å². The Balaban J connectivity index is 0.0000129. The summed E-state index contributed by atoms with van der Waals surface area (Å²) >= 11 is 0.774. The van der Waals surface area contributed by atoms with Gasteiger partial charge in [0.15, 0.2) is 5.71 Å². The number of esters is 2. The van der Waals surface area contributed by atoms with Gasteiger partial charge < -0.3 is 55.2 Å². The monoisotopic (exact) mass is 1350 g/mol. The third-order valence-electron chi connectivity index (χ3n) is 15.0. The molecule has 2 aliphatic rings. The van der Waals surface area contributed by atoms with E-state index in [1.54, 1.807) is 12.1 Å². The van der Waals surface area contributed by atoms with Crippen molar-refractivity contribution < 1.29 is 133 Å². The molecular formula is C57H79N6Ni2O20S2-. The Labute approximate surface area is 531 Å². The number of nitrogens with one attached hydrogen (secondary N) is 2. The number of nitrogens with zero attached hydrogens (tertiary/aromatic N) is 4. The summed E-state index contributed by atoms with van der Waals surface area (Å²) in [5, 5.41) is 58.1. The standard InChI is InChI=1S/C57H80N6O20S2.2Ni/c1-56(2)40-32-38(84-83-82-76)24-26-42(40)62(30-15-7-9-22-48(64)58-28-13-11-18-44(54(72)73)60(34-50(66)67)36-52(70)80-5)46(56)20-17-21-47-57(3,4)41-33-39(85(77,78)79)25-27-43(41)63(47)31-16-8-10-23-49(65)59-29-14-12-19-45(55(74)75)61(35-51(68)69)37-53(71)81-6;;/h17,20-21,24-27,32-33,44-45H,7-16,18-19,22-23,28-31,34-37H2,1-6H3,(H7-,58,59,64,65,66,67,68,69,72,73,74,75,76,77,78,79);;/p-1. The van der Waals surface area contributed by atoms with Crippen molar-refractivity contribution in [2.45, 2.75) is 150 Å². The molecule has 6 N–H and O–H groups in total. The Kier molecular flexibility index (Phi) is 33.1. The van der Waals surface area contributed by atoms with E-state index in [2.05, 4.69) is 52.8 Å². The molecule has 0 saturated carbocycles. The van der Waals surface area contributed by atoms with E-state index in [-0.39, 0.29) is 88.5 Å². The molecule has 2 aromatic rings. The van der Waals surface area contributed by atoms with Crippen molar-refractivity contribution in [1.29, 1.82) is 0 Å². The number of anilines is 1. The first-order valence-electron chi connectivity index (χ1n) is 27.9. The number of hydrogen-bond acceptors (Lipinski definition) is 20. The Bertz CT molecular complexity index is 2920. The zero-order chi connectivity index (χ0) is 63.1. The van der Waals surface area contributed by atoms with Gasteiger partial charge in [0.25, 0.3) is 0 Å². The van der Waals surface area contributed by atoms with Crippen LogP contribution in [-0.4, -0.2) is 180 Å². The second-order valence-corrected chi connectivity index (χ2v) is 23.8. The van der Waals surface area contributed by atoms with Gasteiger partial charge in [-0.05, 0) is 120 Å². The third-order valence-corrected chi connectivity index (χ3v) is 16.4. The van der Waals surface area contributed by atoms with Crippen LogP contribution in [0.5, 0.6) is 0 Å². The van der Waals surface area contributed by atoms with E-state index in [0.717, 1.165) is 64.4 Å². The number of ether oxygens (including phenoxy) is 2. The Morgan fingerprint density at radius 2 is 1.22 bits per heavy atom. The number of benzene rings is 2. The molecule has 30 heteroatoms. The molecular weight excluding hydrogens is 1270 g/mol. The van der Waals surface area contributed by atoms with Crippen molar-refractivity contribution in [3.05, 3.63) is 71.5 Å². The van der Waals surface area contributed by atoms with Gasteiger partial charge in [-0.2, -0.15) is 8.91 Å². The Morgan fingerprint density at radius 1 is 0.690 bits per heavy atom.